The van der Waals surface area contributed by atoms with E-state index in [2.05, 4.69) is 51.5 Å². The summed E-state index contributed by atoms with van der Waals surface area (Å²) in [6, 6.07) is 9.05. The minimum absolute atomic E-state index is 0.00235. The topological polar surface area (TPSA) is 53.4 Å². The number of nitrogens with one attached hydrogen (secondary N) is 1. The number of anilines is 1. The zero-order valence-corrected chi connectivity index (χ0v) is 15.5. The Balaban J connectivity index is 1.54. The van der Waals surface area contributed by atoms with Crippen molar-refractivity contribution in [3.63, 3.8) is 0 Å². The van der Waals surface area contributed by atoms with E-state index in [1.54, 1.807) is 10.9 Å². The number of nitrogens with zero attached hydrogens (tertiary/aromatic N) is 4. The van der Waals surface area contributed by atoms with Gasteiger partial charge in [-0.2, -0.15) is 5.10 Å². The van der Waals surface area contributed by atoms with Gasteiger partial charge in [0.15, 0.2) is 0 Å². The van der Waals surface area contributed by atoms with Gasteiger partial charge in [0.2, 0.25) is 5.91 Å². The van der Waals surface area contributed by atoms with Crippen LogP contribution in [0.5, 0.6) is 0 Å². The summed E-state index contributed by atoms with van der Waals surface area (Å²) in [6.07, 6.45) is 2.72. The maximum Gasteiger partial charge on any atom is 0.238 e. The van der Waals surface area contributed by atoms with Crippen molar-refractivity contribution >= 4 is 11.6 Å². The summed E-state index contributed by atoms with van der Waals surface area (Å²) in [5.41, 5.74) is 4.58. The predicted octanol–water partition coefficient (Wildman–Crippen LogP) is 1.66. The summed E-state index contributed by atoms with van der Waals surface area (Å²) in [6.45, 7) is 4.15. The summed E-state index contributed by atoms with van der Waals surface area (Å²) in [5.74, 6) is -0.00235. The van der Waals surface area contributed by atoms with E-state index in [-0.39, 0.29) is 5.91 Å². The van der Waals surface area contributed by atoms with Crippen molar-refractivity contribution in [1.82, 2.24) is 19.6 Å². The fourth-order valence-corrected chi connectivity index (χ4v) is 3.40. The zero-order valence-electron chi connectivity index (χ0n) is 15.5. The molecule has 1 atom stereocenters. The standard InChI is InChI=1S/C19H27N5O/c1-14-18(10-20-24(14)4)21-19(25)13-22(2)12-17-9-15-7-5-6-8-16(15)11-23(17)3/h5-8,10,17H,9,11-13H2,1-4H3,(H,21,25)/t17-/m0/s1. The molecule has 0 bridgehead atoms. The Morgan fingerprint density at radius 1 is 1.32 bits per heavy atom. The first-order valence-corrected chi connectivity index (χ1v) is 8.68. The number of carbonyl (C=O) groups excluding carboxylic acids is 1. The van der Waals surface area contributed by atoms with E-state index in [0.29, 0.717) is 12.6 Å². The van der Waals surface area contributed by atoms with Gasteiger partial charge in [0.1, 0.15) is 0 Å². The molecule has 0 unspecified atom stereocenters. The fraction of sp³-hybridized carbons (Fsp3) is 0.474. The van der Waals surface area contributed by atoms with Crippen LogP contribution in [0.1, 0.15) is 16.8 Å². The fourth-order valence-electron chi connectivity index (χ4n) is 3.40. The van der Waals surface area contributed by atoms with Crippen molar-refractivity contribution in [2.24, 2.45) is 7.05 Å². The minimum atomic E-state index is -0.00235. The van der Waals surface area contributed by atoms with Gasteiger partial charge in [-0.3, -0.25) is 19.3 Å². The van der Waals surface area contributed by atoms with Crippen LogP contribution in [-0.2, 0) is 24.8 Å². The largest absolute Gasteiger partial charge is 0.322 e. The molecule has 2 heterocycles. The van der Waals surface area contributed by atoms with E-state index in [4.69, 9.17) is 0 Å². The highest BCUT2D eigenvalue weighted by Crippen LogP contribution is 2.22. The van der Waals surface area contributed by atoms with Gasteiger partial charge in [0.25, 0.3) is 0 Å². The molecule has 6 nitrogen and oxygen atoms in total. The Hall–Kier alpha value is -2.18. The number of amides is 1. The molecule has 1 aliphatic rings. The molecule has 0 radical (unpaired) electrons. The molecule has 0 aliphatic carbocycles. The van der Waals surface area contributed by atoms with Crippen LogP contribution in [0.25, 0.3) is 0 Å². The lowest BCUT2D eigenvalue weighted by atomic mass is 9.94. The highest BCUT2D eigenvalue weighted by molar-refractivity contribution is 5.92. The van der Waals surface area contributed by atoms with Crippen LogP contribution >= 0.6 is 0 Å². The number of aryl methyl sites for hydroxylation is 1. The third-order valence-electron chi connectivity index (χ3n) is 5.06. The normalized spacial score (nSPS) is 17.6. The molecule has 0 fully saturated rings. The quantitative estimate of drug-likeness (QED) is 0.899. The van der Waals surface area contributed by atoms with Gasteiger partial charge in [0.05, 0.1) is 24.1 Å². The van der Waals surface area contributed by atoms with Crippen molar-refractivity contribution in [1.29, 1.82) is 0 Å². The number of aromatic nitrogens is 2. The number of likely N-dealkylation sites (N-methyl/N-ethyl adjacent to an activating group) is 2. The van der Waals surface area contributed by atoms with Crippen molar-refractivity contribution < 1.29 is 4.79 Å². The summed E-state index contributed by atoms with van der Waals surface area (Å²) in [4.78, 5) is 16.8. The first kappa shape index (κ1) is 17.6. The lowest BCUT2D eigenvalue weighted by molar-refractivity contribution is -0.117. The molecule has 134 valence electrons. The highest BCUT2D eigenvalue weighted by atomic mass is 16.2. The van der Waals surface area contributed by atoms with Crippen LogP contribution in [0.15, 0.2) is 30.5 Å². The molecule has 3 rings (SSSR count). The molecular weight excluding hydrogens is 314 g/mol. The second kappa shape index (κ2) is 7.37. The third-order valence-corrected chi connectivity index (χ3v) is 5.06. The summed E-state index contributed by atoms with van der Waals surface area (Å²) < 4.78 is 1.76. The van der Waals surface area contributed by atoms with Crippen molar-refractivity contribution in [2.45, 2.75) is 25.9 Å². The zero-order chi connectivity index (χ0) is 18.0. The van der Waals surface area contributed by atoms with Crippen LogP contribution in [0.2, 0.25) is 0 Å². The summed E-state index contributed by atoms with van der Waals surface area (Å²) >= 11 is 0. The van der Waals surface area contributed by atoms with Crippen molar-refractivity contribution in [3.8, 4) is 0 Å². The van der Waals surface area contributed by atoms with E-state index >= 15 is 0 Å². The lowest BCUT2D eigenvalue weighted by Gasteiger charge is -2.36. The molecule has 0 saturated heterocycles. The number of carbonyl (C=O) groups is 1. The maximum absolute atomic E-state index is 12.3. The average Bonchev–Trinajstić information content (AvgIpc) is 2.87. The van der Waals surface area contributed by atoms with E-state index in [0.717, 1.165) is 30.9 Å². The SMILES string of the molecule is Cc1c(NC(=O)CN(C)C[C@@H]2Cc3ccccc3CN2C)cnn1C. The van der Waals surface area contributed by atoms with Crippen LogP contribution < -0.4 is 5.32 Å². The molecule has 1 N–H and O–H groups in total. The Labute approximate surface area is 149 Å². The van der Waals surface area contributed by atoms with E-state index in [9.17, 15) is 4.79 Å². The molecule has 1 aromatic carbocycles. The second-order valence-electron chi connectivity index (χ2n) is 7.05. The maximum atomic E-state index is 12.3. The number of rotatable bonds is 5. The lowest BCUT2D eigenvalue weighted by Crippen LogP contribution is -2.46. The van der Waals surface area contributed by atoms with Gasteiger partial charge in [0, 0.05) is 26.2 Å². The minimum Gasteiger partial charge on any atom is -0.322 e. The smallest absolute Gasteiger partial charge is 0.238 e. The Kier molecular flexibility index (Phi) is 5.20. The van der Waals surface area contributed by atoms with Gasteiger partial charge in [-0.25, -0.2) is 0 Å². The molecule has 1 aliphatic heterocycles. The molecule has 6 heteroatoms. The van der Waals surface area contributed by atoms with Crippen molar-refractivity contribution in [3.05, 3.63) is 47.3 Å². The van der Waals surface area contributed by atoms with Gasteiger partial charge in [-0.1, -0.05) is 24.3 Å². The van der Waals surface area contributed by atoms with Crippen molar-refractivity contribution in [2.75, 3.05) is 32.5 Å². The highest BCUT2D eigenvalue weighted by Gasteiger charge is 2.24. The average molecular weight is 341 g/mol. The van der Waals surface area contributed by atoms with Crippen LogP contribution in [0, 0.1) is 6.92 Å². The molecular formula is C19H27N5O. The molecule has 0 saturated carbocycles. The van der Waals surface area contributed by atoms with Gasteiger partial charge >= 0.3 is 0 Å². The molecule has 2 aromatic rings. The number of hydrogen-bond donors (Lipinski definition) is 1. The second-order valence-corrected chi connectivity index (χ2v) is 7.05. The molecule has 25 heavy (non-hydrogen) atoms. The van der Waals surface area contributed by atoms with Crippen LogP contribution in [0.4, 0.5) is 5.69 Å². The Morgan fingerprint density at radius 3 is 2.72 bits per heavy atom. The molecule has 0 spiro atoms. The predicted molar refractivity (Wildman–Crippen MR) is 99.5 cm³/mol. The monoisotopic (exact) mass is 341 g/mol. The first-order chi connectivity index (χ1) is 11.9. The Morgan fingerprint density at radius 2 is 2.04 bits per heavy atom. The third kappa shape index (κ3) is 4.08. The van der Waals surface area contributed by atoms with Gasteiger partial charge in [-0.05, 0) is 38.6 Å². The van der Waals surface area contributed by atoms with E-state index in [1.807, 2.05) is 21.0 Å². The van der Waals surface area contributed by atoms with Gasteiger partial charge in [-0.15, -0.1) is 0 Å². The van der Waals surface area contributed by atoms with E-state index in [1.165, 1.54) is 11.1 Å². The summed E-state index contributed by atoms with van der Waals surface area (Å²) in [7, 11) is 6.03. The number of benzene rings is 1. The van der Waals surface area contributed by atoms with Gasteiger partial charge < -0.3 is 5.32 Å². The van der Waals surface area contributed by atoms with E-state index < -0.39 is 0 Å². The van der Waals surface area contributed by atoms with Crippen LogP contribution in [-0.4, -0.2) is 58.7 Å². The number of hydrogen-bond acceptors (Lipinski definition) is 4. The summed E-state index contributed by atoms with van der Waals surface area (Å²) in [5, 5.41) is 7.10. The Bertz CT molecular complexity index is 754. The first-order valence-electron chi connectivity index (χ1n) is 8.68. The number of fused-ring (bicyclic) bond motifs is 1. The molecule has 1 aromatic heterocycles. The molecule has 1 amide bonds. The van der Waals surface area contributed by atoms with Crippen LogP contribution in [0.3, 0.4) is 0 Å².